The van der Waals surface area contributed by atoms with Crippen molar-refractivity contribution >= 4 is 6.16 Å². The van der Waals surface area contributed by atoms with E-state index in [4.69, 9.17) is 9.47 Å². The normalized spacial score (nSPS) is 11.8. The van der Waals surface area contributed by atoms with Gasteiger partial charge in [-0.25, -0.2) is 4.79 Å². The summed E-state index contributed by atoms with van der Waals surface area (Å²) in [6.45, 7) is 12.6. The molecule has 5 heteroatoms. The van der Waals surface area contributed by atoms with Gasteiger partial charge in [-0.1, -0.05) is 90.1 Å². The van der Waals surface area contributed by atoms with Gasteiger partial charge in [0.05, 0.1) is 0 Å². The zero-order valence-corrected chi connectivity index (χ0v) is 24.1. The van der Waals surface area contributed by atoms with Crippen LogP contribution in [0.3, 0.4) is 0 Å². The van der Waals surface area contributed by atoms with Gasteiger partial charge < -0.3 is 19.7 Å². The van der Waals surface area contributed by atoms with E-state index in [9.17, 15) is 15.0 Å². The predicted molar refractivity (Wildman–Crippen MR) is 159 cm³/mol. The van der Waals surface area contributed by atoms with Crippen LogP contribution < -0.4 is 9.47 Å². The zero-order valence-electron chi connectivity index (χ0n) is 24.1. The van der Waals surface area contributed by atoms with Crippen molar-refractivity contribution in [3.05, 3.63) is 118 Å². The Kier molecular flexibility index (Phi) is 8.24. The molecule has 5 nitrogen and oxygen atoms in total. The molecule has 40 heavy (non-hydrogen) atoms. The highest BCUT2D eigenvalue weighted by atomic mass is 16.7. The third-order valence-electron chi connectivity index (χ3n) is 7.89. The van der Waals surface area contributed by atoms with Gasteiger partial charge in [0.25, 0.3) is 0 Å². The molecule has 0 aliphatic rings. The summed E-state index contributed by atoms with van der Waals surface area (Å²) in [6.07, 6.45) is 0.590. The Morgan fingerprint density at radius 1 is 0.575 bits per heavy atom. The lowest BCUT2D eigenvalue weighted by atomic mass is 9.77. The molecule has 0 amide bonds. The molecule has 0 unspecified atom stereocenters. The van der Waals surface area contributed by atoms with Crippen LogP contribution in [-0.2, 0) is 23.7 Å². The average molecular weight is 539 g/mol. The summed E-state index contributed by atoms with van der Waals surface area (Å²) in [5.41, 5.74) is 5.51. The fraction of sp³-hybridized carbons (Fsp3) is 0.286. The van der Waals surface area contributed by atoms with Crippen molar-refractivity contribution in [2.24, 2.45) is 0 Å². The van der Waals surface area contributed by atoms with E-state index in [1.165, 1.54) is 0 Å². The van der Waals surface area contributed by atoms with Crippen molar-refractivity contribution in [3.63, 3.8) is 0 Å². The maximum Gasteiger partial charge on any atom is 0.519 e. The van der Waals surface area contributed by atoms with Crippen LogP contribution in [0.15, 0.2) is 84.9 Å². The number of phenolic OH excluding ortho intramolecular Hbond substituents is 2. The summed E-state index contributed by atoms with van der Waals surface area (Å²) in [7, 11) is 0. The van der Waals surface area contributed by atoms with Gasteiger partial charge in [-0.15, -0.1) is 0 Å². The van der Waals surface area contributed by atoms with Gasteiger partial charge in [0.1, 0.15) is 23.0 Å². The van der Waals surface area contributed by atoms with Crippen molar-refractivity contribution in [2.75, 3.05) is 0 Å². The van der Waals surface area contributed by atoms with Crippen molar-refractivity contribution in [3.8, 4) is 23.0 Å². The first-order chi connectivity index (χ1) is 18.9. The van der Waals surface area contributed by atoms with Crippen LogP contribution in [0, 0.1) is 0 Å². The number of ether oxygens (including phenoxy) is 2. The third kappa shape index (κ3) is 5.99. The highest BCUT2D eigenvalue weighted by Crippen LogP contribution is 2.37. The molecule has 0 atom stereocenters. The number of carbonyl (C=O) groups is 1. The Bertz CT molecular complexity index is 1370. The van der Waals surface area contributed by atoms with Gasteiger partial charge in [-0.3, -0.25) is 0 Å². The molecule has 0 aliphatic heterocycles. The maximum atomic E-state index is 12.9. The van der Waals surface area contributed by atoms with Gasteiger partial charge >= 0.3 is 6.16 Å². The Labute approximate surface area is 237 Å². The van der Waals surface area contributed by atoms with Gasteiger partial charge in [0.15, 0.2) is 0 Å². The Hall–Kier alpha value is -4.25. The topological polar surface area (TPSA) is 76.0 Å². The molecule has 0 radical (unpaired) electrons. The number of benzene rings is 4. The molecule has 0 saturated heterocycles. The molecule has 4 rings (SSSR count). The van der Waals surface area contributed by atoms with Crippen molar-refractivity contribution in [2.45, 2.75) is 65.2 Å². The molecule has 0 aromatic heterocycles. The standard InChI is InChI=1S/C35H38O5/c1-7-23-21-27(34(3,4)25-9-15-29(36)16-10-25)13-19-31(23)39-33(38)40-32-20-14-28(22-24(32)8-2)35(5,6)26-11-17-30(37)18-12-26/h9-22,36-37H,7-8H2,1-6H3. The lowest BCUT2D eigenvalue weighted by Gasteiger charge is -2.27. The van der Waals surface area contributed by atoms with Crippen molar-refractivity contribution < 1.29 is 24.5 Å². The van der Waals surface area contributed by atoms with E-state index in [1.807, 2.05) is 62.4 Å². The van der Waals surface area contributed by atoms with Crippen LogP contribution in [0.25, 0.3) is 0 Å². The molecular weight excluding hydrogens is 500 g/mol. The van der Waals surface area contributed by atoms with E-state index in [2.05, 4.69) is 39.8 Å². The quantitative estimate of drug-likeness (QED) is 0.174. The Morgan fingerprint density at radius 2 is 0.900 bits per heavy atom. The summed E-state index contributed by atoms with van der Waals surface area (Å²) < 4.78 is 11.4. The van der Waals surface area contributed by atoms with Gasteiger partial charge in [-0.05, 0) is 82.6 Å². The van der Waals surface area contributed by atoms with Gasteiger partial charge in [0, 0.05) is 10.8 Å². The summed E-state index contributed by atoms with van der Waals surface area (Å²) in [6, 6.07) is 26.1. The number of carbonyl (C=O) groups excluding carboxylic acids is 1. The molecule has 4 aromatic carbocycles. The van der Waals surface area contributed by atoms with E-state index in [0.717, 1.165) is 33.4 Å². The second-order valence-corrected chi connectivity index (χ2v) is 11.1. The predicted octanol–water partition coefficient (Wildman–Crippen LogP) is 8.45. The Balaban J connectivity index is 1.52. The van der Waals surface area contributed by atoms with Crippen LogP contribution in [-0.4, -0.2) is 16.4 Å². The second kappa shape index (κ2) is 11.5. The largest absolute Gasteiger partial charge is 0.519 e. The van der Waals surface area contributed by atoms with Crippen LogP contribution in [0.4, 0.5) is 4.79 Å². The molecule has 0 saturated carbocycles. The summed E-state index contributed by atoms with van der Waals surface area (Å²) in [5, 5.41) is 19.3. The summed E-state index contributed by atoms with van der Waals surface area (Å²) in [5.74, 6) is 1.41. The SMILES string of the molecule is CCc1cc(C(C)(C)c2ccc(O)cc2)ccc1OC(=O)Oc1ccc(C(C)(C)c2ccc(O)cc2)cc1CC. The second-order valence-electron chi connectivity index (χ2n) is 11.1. The van der Waals surface area contributed by atoms with Crippen LogP contribution in [0.1, 0.15) is 74.9 Å². The van der Waals surface area contributed by atoms with E-state index in [0.29, 0.717) is 24.3 Å². The molecule has 0 fully saturated rings. The molecule has 0 aliphatic carbocycles. The first kappa shape index (κ1) is 28.8. The molecule has 4 aromatic rings. The lowest BCUT2D eigenvalue weighted by molar-refractivity contribution is 0.151. The number of hydrogen-bond donors (Lipinski definition) is 2. The van der Waals surface area contributed by atoms with Crippen molar-refractivity contribution in [1.82, 2.24) is 0 Å². The minimum absolute atomic E-state index is 0.234. The molecule has 0 heterocycles. The Morgan fingerprint density at radius 3 is 1.23 bits per heavy atom. The molecule has 208 valence electrons. The van der Waals surface area contributed by atoms with E-state index in [-0.39, 0.29) is 22.3 Å². The van der Waals surface area contributed by atoms with E-state index in [1.54, 1.807) is 24.3 Å². The molecular formula is C35H38O5. The van der Waals surface area contributed by atoms with Crippen molar-refractivity contribution in [1.29, 1.82) is 0 Å². The number of hydrogen-bond acceptors (Lipinski definition) is 5. The van der Waals surface area contributed by atoms with Gasteiger partial charge in [-0.2, -0.15) is 0 Å². The number of aromatic hydroxyl groups is 2. The van der Waals surface area contributed by atoms with E-state index < -0.39 is 6.16 Å². The maximum absolute atomic E-state index is 12.9. The van der Waals surface area contributed by atoms with E-state index >= 15 is 0 Å². The monoisotopic (exact) mass is 538 g/mol. The van der Waals surface area contributed by atoms with Crippen LogP contribution >= 0.6 is 0 Å². The van der Waals surface area contributed by atoms with Crippen LogP contribution in [0.5, 0.6) is 23.0 Å². The number of aryl methyl sites for hydroxylation is 2. The minimum atomic E-state index is -0.777. The fourth-order valence-electron chi connectivity index (χ4n) is 4.98. The highest BCUT2D eigenvalue weighted by Gasteiger charge is 2.26. The van der Waals surface area contributed by atoms with Crippen LogP contribution in [0.2, 0.25) is 0 Å². The zero-order chi connectivity index (χ0) is 29.1. The smallest absolute Gasteiger partial charge is 0.508 e. The average Bonchev–Trinajstić information content (AvgIpc) is 2.93. The number of phenols is 2. The summed E-state index contributed by atoms with van der Waals surface area (Å²) >= 11 is 0. The fourth-order valence-corrected chi connectivity index (χ4v) is 4.98. The molecule has 2 N–H and O–H groups in total. The molecule has 0 bridgehead atoms. The first-order valence-electron chi connectivity index (χ1n) is 13.7. The number of rotatable bonds is 8. The minimum Gasteiger partial charge on any atom is -0.508 e. The highest BCUT2D eigenvalue weighted by molar-refractivity contribution is 5.68. The summed E-state index contributed by atoms with van der Waals surface area (Å²) in [4.78, 5) is 12.9. The van der Waals surface area contributed by atoms with Gasteiger partial charge in [0.2, 0.25) is 0 Å². The lowest BCUT2D eigenvalue weighted by Crippen LogP contribution is -2.20. The molecule has 0 spiro atoms. The first-order valence-corrected chi connectivity index (χ1v) is 13.7. The third-order valence-corrected chi connectivity index (χ3v) is 7.89.